The first-order chi connectivity index (χ1) is 14.5. The molecule has 1 aromatic carbocycles. The van der Waals surface area contributed by atoms with Gasteiger partial charge in [0, 0.05) is 29.7 Å². The Balaban J connectivity index is 2.68. The van der Waals surface area contributed by atoms with Crippen LogP contribution in [0.3, 0.4) is 0 Å². The molecule has 0 saturated heterocycles. The van der Waals surface area contributed by atoms with E-state index < -0.39 is 0 Å². The molecule has 0 saturated carbocycles. The largest absolute Gasteiger partial charge is 0.351 e. The molecule has 2 aromatic rings. The quantitative estimate of drug-likeness (QED) is 0.603. The Morgan fingerprint density at radius 1 is 1.00 bits per heavy atom. The number of carbonyl (C=O) groups is 1. The van der Waals surface area contributed by atoms with E-state index in [4.69, 9.17) is 0 Å². The molecule has 0 aliphatic heterocycles. The van der Waals surface area contributed by atoms with Crippen molar-refractivity contribution in [2.24, 2.45) is 7.05 Å². The summed E-state index contributed by atoms with van der Waals surface area (Å²) in [4.78, 5) is 26.9. The molecule has 0 aliphatic rings. The fourth-order valence-corrected chi connectivity index (χ4v) is 4.29. The fraction of sp³-hybridized carbons (Fsp3) is 0.556. The van der Waals surface area contributed by atoms with Gasteiger partial charge < -0.3 is 9.88 Å². The Kier molecular flexibility index (Phi) is 7.91. The summed E-state index contributed by atoms with van der Waals surface area (Å²) >= 11 is 0. The van der Waals surface area contributed by atoms with Crippen LogP contribution in [0.5, 0.6) is 0 Å². The molecule has 0 unspecified atom stereocenters. The molecule has 0 bridgehead atoms. The van der Waals surface area contributed by atoms with Gasteiger partial charge in [-0.1, -0.05) is 67.0 Å². The summed E-state index contributed by atoms with van der Waals surface area (Å²) in [5, 5.41) is 3.16. The van der Waals surface area contributed by atoms with Crippen LogP contribution in [0.25, 0.3) is 0 Å². The summed E-state index contributed by atoms with van der Waals surface area (Å²) in [6.07, 6.45) is 3.83. The van der Waals surface area contributed by atoms with Crippen molar-refractivity contribution in [2.75, 3.05) is 5.32 Å². The summed E-state index contributed by atoms with van der Waals surface area (Å²) in [6, 6.07) is 4.40. The second-order valence-electron chi connectivity index (χ2n) is 9.46. The van der Waals surface area contributed by atoms with Crippen molar-refractivity contribution in [2.45, 2.75) is 92.9 Å². The van der Waals surface area contributed by atoms with Crippen molar-refractivity contribution in [1.29, 1.82) is 0 Å². The number of anilines is 1. The first-order valence-corrected chi connectivity index (χ1v) is 11.7. The average Bonchev–Trinajstić information content (AvgIpc) is 2.71. The standard InChI is InChI=1S/C27H40N2O2/c1-10-14-22-23(25(30)21(13-4)17(5)29(22)9)26(31)28-24-18(11-2)15-20(27(6,7)8)16-19(24)12-3/h15-16H,10-14H2,1-9H3,(H,28,31). The molecule has 4 heteroatoms. The molecule has 0 radical (unpaired) electrons. The summed E-state index contributed by atoms with van der Waals surface area (Å²) in [5.74, 6) is -0.286. The van der Waals surface area contributed by atoms with Crippen LogP contribution in [0, 0.1) is 6.92 Å². The zero-order valence-corrected chi connectivity index (χ0v) is 21.0. The lowest BCUT2D eigenvalue weighted by molar-refractivity contribution is 0.102. The highest BCUT2D eigenvalue weighted by Crippen LogP contribution is 2.31. The number of benzene rings is 1. The van der Waals surface area contributed by atoms with E-state index in [2.05, 4.69) is 59.0 Å². The highest BCUT2D eigenvalue weighted by atomic mass is 16.2. The van der Waals surface area contributed by atoms with Crippen LogP contribution in [0.1, 0.15) is 98.9 Å². The van der Waals surface area contributed by atoms with E-state index in [9.17, 15) is 9.59 Å². The van der Waals surface area contributed by atoms with E-state index in [1.54, 1.807) is 0 Å². The first-order valence-electron chi connectivity index (χ1n) is 11.7. The number of carbonyl (C=O) groups excluding carboxylic acids is 1. The number of nitrogens with one attached hydrogen (secondary N) is 1. The van der Waals surface area contributed by atoms with Crippen molar-refractivity contribution >= 4 is 11.6 Å². The van der Waals surface area contributed by atoms with Gasteiger partial charge in [0.1, 0.15) is 5.56 Å². The second-order valence-corrected chi connectivity index (χ2v) is 9.46. The van der Waals surface area contributed by atoms with Gasteiger partial charge in [0.05, 0.1) is 0 Å². The van der Waals surface area contributed by atoms with E-state index in [0.717, 1.165) is 53.0 Å². The van der Waals surface area contributed by atoms with Gasteiger partial charge in [-0.2, -0.15) is 0 Å². The predicted molar refractivity (Wildman–Crippen MR) is 132 cm³/mol. The first kappa shape index (κ1) is 24.9. The minimum atomic E-state index is -0.286. The van der Waals surface area contributed by atoms with Crippen LogP contribution in [0.15, 0.2) is 16.9 Å². The van der Waals surface area contributed by atoms with E-state index in [0.29, 0.717) is 18.4 Å². The number of aryl methyl sites for hydroxylation is 2. The molecule has 31 heavy (non-hydrogen) atoms. The third-order valence-electron chi connectivity index (χ3n) is 6.37. The number of pyridine rings is 1. The van der Waals surface area contributed by atoms with Crippen LogP contribution in [0.4, 0.5) is 5.69 Å². The van der Waals surface area contributed by atoms with Crippen molar-refractivity contribution < 1.29 is 4.79 Å². The molecule has 0 spiro atoms. The summed E-state index contributed by atoms with van der Waals surface area (Å²) in [6.45, 7) is 16.9. The summed E-state index contributed by atoms with van der Waals surface area (Å²) in [7, 11) is 1.96. The highest BCUT2D eigenvalue weighted by Gasteiger charge is 2.24. The monoisotopic (exact) mass is 424 g/mol. The molecular weight excluding hydrogens is 384 g/mol. The Bertz CT molecular complexity index is 998. The van der Waals surface area contributed by atoms with Crippen LogP contribution in [-0.2, 0) is 38.1 Å². The molecule has 1 N–H and O–H groups in total. The van der Waals surface area contributed by atoms with Crippen LogP contribution in [-0.4, -0.2) is 10.5 Å². The molecule has 1 aromatic heterocycles. The van der Waals surface area contributed by atoms with Gasteiger partial charge in [-0.05, 0) is 54.7 Å². The minimum Gasteiger partial charge on any atom is -0.351 e. The number of hydrogen-bond acceptors (Lipinski definition) is 2. The van der Waals surface area contributed by atoms with Crippen LogP contribution >= 0.6 is 0 Å². The molecule has 0 aliphatic carbocycles. The summed E-state index contributed by atoms with van der Waals surface area (Å²) < 4.78 is 2.03. The third-order valence-corrected chi connectivity index (χ3v) is 6.37. The third kappa shape index (κ3) is 4.94. The molecule has 0 fully saturated rings. The van der Waals surface area contributed by atoms with E-state index in [-0.39, 0.29) is 16.8 Å². The zero-order chi connectivity index (χ0) is 23.5. The molecule has 1 amide bonds. The maximum atomic E-state index is 13.6. The average molecular weight is 425 g/mol. The Morgan fingerprint density at radius 2 is 1.55 bits per heavy atom. The smallest absolute Gasteiger partial charge is 0.261 e. The number of hydrogen-bond donors (Lipinski definition) is 1. The van der Waals surface area contributed by atoms with E-state index in [1.165, 1.54) is 5.56 Å². The van der Waals surface area contributed by atoms with Gasteiger partial charge in [-0.15, -0.1) is 0 Å². The maximum Gasteiger partial charge on any atom is 0.261 e. The van der Waals surface area contributed by atoms with Gasteiger partial charge in [0.15, 0.2) is 5.43 Å². The van der Waals surface area contributed by atoms with Gasteiger partial charge in [-0.25, -0.2) is 0 Å². The summed E-state index contributed by atoms with van der Waals surface area (Å²) in [5.41, 5.74) is 7.08. The van der Waals surface area contributed by atoms with Gasteiger partial charge in [0.25, 0.3) is 5.91 Å². The van der Waals surface area contributed by atoms with Crippen molar-refractivity contribution in [1.82, 2.24) is 4.57 Å². The number of rotatable bonds is 7. The van der Waals surface area contributed by atoms with Gasteiger partial charge in [0.2, 0.25) is 0 Å². The molecule has 4 nitrogen and oxygen atoms in total. The topological polar surface area (TPSA) is 51.1 Å². The number of aromatic nitrogens is 1. The number of nitrogens with zero attached hydrogens (tertiary/aromatic N) is 1. The molecule has 170 valence electrons. The van der Waals surface area contributed by atoms with E-state index in [1.807, 2.05) is 25.5 Å². The normalized spacial score (nSPS) is 11.6. The second kappa shape index (κ2) is 9.84. The lowest BCUT2D eigenvalue weighted by atomic mass is 9.83. The Labute approximate surface area is 188 Å². The lowest BCUT2D eigenvalue weighted by Crippen LogP contribution is -2.31. The molecular formula is C27H40N2O2. The van der Waals surface area contributed by atoms with Crippen molar-refractivity contribution in [3.63, 3.8) is 0 Å². The van der Waals surface area contributed by atoms with Crippen LogP contribution < -0.4 is 10.7 Å². The van der Waals surface area contributed by atoms with Crippen LogP contribution in [0.2, 0.25) is 0 Å². The van der Waals surface area contributed by atoms with E-state index >= 15 is 0 Å². The molecule has 2 rings (SSSR count). The Hall–Kier alpha value is -2.36. The number of amides is 1. The highest BCUT2D eigenvalue weighted by molar-refractivity contribution is 6.06. The van der Waals surface area contributed by atoms with Gasteiger partial charge in [-0.3, -0.25) is 9.59 Å². The van der Waals surface area contributed by atoms with Gasteiger partial charge >= 0.3 is 0 Å². The SMILES string of the molecule is CCCc1c(C(=O)Nc2c(CC)cc(C(C)(C)C)cc2CC)c(=O)c(CC)c(C)n1C. The van der Waals surface area contributed by atoms with Crippen molar-refractivity contribution in [3.05, 3.63) is 61.6 Å². The maximum absolute atomic E-state index is 13.6. The fourth-order valence-electron chi connectivity index (χ4n) is 4.29. The molecule has 1 heterocycles. The Morgan fingerprint density at radius 3 is 1.97 bits per heavy atom. The lowest BCUT2D eigenvalue weighted by Gasteiger charge is -2.24. The molecule has 0 atom stereocenters. The minimum absolute atomic E-state index is 0.0353. The van der Waals surface area contributed by atoms with Crippen molar-refractivity contribution in [3.8, 4) is 0 Å². The predicted octanol–water partition coefficient (Wildman–Crippen LogP) is 5.88. The zero-order valence-electron chi connectivity index (χ0n) is 21.0.